The highest BCUT2D eigenvalue weighted by atomic mass is 35.5. The number of hydrogen-bond donors (Lipinski definition) is 2. The average Bonchev–Trinajstić information content (AvgIpc) is 2.98. The predicted octanol–water partition coefficient (Wildman–Crippen LogP) is 4.29. The molecule has 0 saturated carbocycles. The van der Waals surface area contributed by atoms with Crippen LogP contribution in [0.2, 0.25) is 5.02 Å². The van der Waals surface area contributed by atoms with E-state index in [4.69, 9.17) is 23.2 Å². The average molecular weight is 532 g/mol. The molecule has 0 saturated heterocycles. The molecule has 9 nitrogen and oxygen atoms in total. The molecule has 1 aliphatic rings. The van der Waals surface area contributed by atoms with E-state index in [0.717, 1.165) is 4.90 Å². The first-order chi connectivity index (χ1) is 16.5. The largest absolute Gasteiger partial charge is 0.350 e. The number of halogens is 2. The van der Waals surface area contributed by atoms with Gasteiger partial charge in [0, 0.05) is 22.1 Å². The van der Waals surface area contributed by atoms with Crippen LogP contribution in [0.5, 0.6) is 0 Å². The monoisotopic (exact) mass is 531 g/mol. The van der Waals surface area contributed by atoms with E-state index < -0.39 is 21.8 Å². The van der Waals surface area contributed by atoms with Crippen LogP contribution in [0.25, 0.3) is 0 Å². The summed E-state index contributed by atoms with van der Waals surface area (Å²) in [6, 6.07) is 12.1. The fourth-order valence-electron chi connectivity index (χ4n) is 3.47. The lowest BCUT2D eigenvalue weighted by molar-refractivity contribution is -0.120. The Morgan fingerprint density at radius 2 is 1.49 bits per heavy atom. The summed E-state index contributed by atoms with van der Waals surface area (Å²) in [6.07, 6.45) is 0. The summed E-state index contributed by atoms with van der Waals surface area (Å²) < 4.78 is 27.8. The highest BCUT2D eigenvalue weighted by Crippen LogP contribution is 2.33. The molecular formula is C23H19Cl2N5O4S. The number of sulfonamides is 1. The van der Waals surface area contributed by atoms with Crippen molar-refractivity contribution in [3.8, 4) is 0 Å². The number of carbonyl (C=O) groups is 2. The Morgan fingerprint density at radius 3 is 2.11 bits per heavy atom. The summed E-state index contributed by atoms with van der Waals surface area (Å²) in [5, 5.41) is 2.88. The molecule has 0 atom stereocenters. The summed E-state index contributed by atoms with van der Waals surface area (Å²) in [7, 11) is -3.96. The third-order valence-corrected chi connectivity index (χ3v) is 7.01. The van der Waals surface area contributed by atoms with Gasteiger partial charge in [-0.15, -0.1) is 0 Å². The molecule has 1 aromatic heterocycles. The van der Waals surface area contributed by atoms with Gasteiger partial charge in [0.2, 0.25) is 5.95 Å². The van der Waals surface area contributed by atoms with Gasteiger partial charge < -0.3 is 5.32 Å². The van der Waals surface area contributed by atoms with Crippen LogP contribution in [0.1, 0.15) is 17.0 Å². The number of aromatic nitrogens is 2. The highest BCUT2D eigenvalue weighted by Gasteiger charge is 2.39. The van der Waals surface area contributed by atoms with Crippen LogP contribution < -0.4 is 14.9 Å². The smallest absolute Gasteiger partial charge is 0.283 e. The Labute approximate surface area is 211 Å². The molecule has 0 radical (unpaired) electrons. The Kier molecular flexibility index (Phi) is 6.54. The van der Waals surface area contributed by atoms with Crippen molar-refractivity contribution in [2.45, 2.75) is 25.7 Å². The summed E-state index contributed by atoms with van der Waals surface area (Å²) >= 11 is 12.2. The molecule has 2 amide bonds. The van der Waals surface area contributed by atoms with Gasteiger partial charge in [-0.05, 0) is 68.8 Å². The van der Waals surface area contributed by atoms with Gasteiger partial charge in [-0.3, -0.25) is 9.59 Å². The van der Waals surface area contributed by atoms with Crippen molar-refractivity contribution in [3.05, 3.63) is 81.2 Å². The molecular weight excluding hydrogens is 513 g/mol. The normalized spacial score (nSPS) is 14.0. The van der Waals surface area contributed by atoms with E-state index in [1.165, 1.54) is 30.3 Å². The molecule has 0 spiro atoms. The zero-order valence-electron chi connectivity index (χ0n) is 18.8. The van der Waals surface area contributed by atoms with Gasteiger partial charge in [-0.2, -0.15) is 0 Å². The molecule has 0 fully saturated rings. The van der Waals surface area contributed by atoms with Crippen LogP contribution in [0.3, 0.4) is 0 Å². The topological polar surface area (TPSA) is 121 Å². The van der Waals surface area contributed by atoms with Crippen molar-refractivity contribution in [1.82, 2.24) is 9.97 Å². The number of amides is 2. The van der Waals surface area contributed by atoms with Crippen molar-refractivity contribution in [2.75, 3.05) is 14.9 Å². The van der Waals surface area contributed by atoms with Crippen LogP contribution in [0.15, 0.2) is 64.2 Å². The Bertz CT molecular complexity index is 1480. The number of nitrogens with zero attached hydrogens (tertiary/aromatic N) is 3. The van der Waals surface area contributed by atoms with Crippen LogP contribution >= 0.6 is 23.2 Å². The van der Waals surface area contributed by atoms with E-state index >= 15 is 0 Å². The lowest BCUT2D eigenvalue weighted by atomic mass is 10.2. The summed E-state index contributed by atoms with van der Waals surface area (Å²) in [5.74, 6) is -1.38. The lowest BCUT2D eigenvalue weighted by Gasteiger charge is -2.17. The number of anilines is 3. The molecule has 2 N–H and O–H groups in total. The van der Waals surface area contributed by atoms with Crippen molar-refractivity contribution in [3.63, 3.8) is 0 Å². The fraction of sp³-hybridized carbons (Fsp3) is 0.130. The van der Waals surface area contributed by atoms with E-state index in [1.807, 2.05) is 0 Å². The molecule has 4 rings (SSSR count). The molecule has 0 unspecified atom stereocenters. The molecule has 1 aliphatic heterocycles. The number of rotatable bonds is 6. The van der Waals surface area contributed by atoms with Crippen LogP contribution in [0, 0.1) is 20.8 Å². The molecule has 0 bridgehead atoms. The molecule has 3 aromatic rings. The Balaban J connectivity index is 1.55. The van der Waals surface area contributed by atoms with E-state index in [0.29, 0.717) is 33.3 Å². The molecule has 180 valence electrons. The highest BCUT2D eigenvalue weighted by molar-refractivity contribution is 7.92. The molecule has 12 heteroatoms. The van der Waals surface area contributed by atoms with Gasteiger partial charge in [-0.1, -0.05) is 29.3 Å². The van der Waals surface area contributed by atoms with Gasteiger partial charge in [0.25, 0.3) is 21.8 Å². The third kappa shape index (κ3) is 5.00. The van der Waals surface area contributed by atoms with Crippen LogP contribution in [-0.2, 0) is 19.6 Å². The third-order valence-electron chi connectivity index (χ3n) is 5.08. The quantitative estimate of drug-likeness (QED) is 0.455. The summed E-state index contributed by atoms with van der Waals surface area (Å²) in [5.41, 5.74) is 2.45. The molecule has 0 aliphatic carbocycles. The SMILES string of the molecule is Cc1cc(C)nc(NS(=O)(=O)c2ccc(NC3=C(Cl)C(=O)N(c4cc(Cl)ccc4C)C3=O)cc2)n1. The molecule has 2 heterocycles. The van der Waals surface area contributed by atoms with Gasteiger partial charge in [-0.25, -0.2) is 28.0 Å². The number of carbonyl (C=O) groups excluding carboxylic acids is 2. The maximum absolute atomic E-state index is 13.0. The fourth-order valence-corrected chi connectivity index (χ4v) is 4.79. The van der Waals surface area contributed by atoms with Crippen molar-refractivity contribution >= 4 is 62.4 Å². The predicted molar refractivity (Wildman–Crippen MR) is 134 cm³/mol. The lowest BCUT2D eigenvalue weighted by Crippen LogP contribution is -2.32. The second-order valence-corrected chi connectivity index (χ2v) is 10.3. The van der Waals surface area contributed by atoms with Gasteiger partial charge in [0.05, 0.1) is 10.6 Å². The minimum absolute atomic E-state index is 0.0342. The van der Waals surface area contributed by atoms with E-state index in [1.54, 1.807) is 39.0 Å². The number of nitrogens with one attached hydrogen (secondary N) is 2. The minimum Gasteiger partial charge on any atom is -0.350 e. The Morgan fingerprint density at radius 1 is 0.857 bits per heavy atom. The van der Waals surface area contributed by atoms with Crippen molar-refractivity contribution in [1.29, 1.82) is 0 Å². The van der Waals surface area contributed by atoms with Crippen molar-refractivity contribution < 1.29 is 18.0 Å². The zero-order chi connectivity index (χ0) is 25.5. The Hall–Kier alpha value is -3.47. The second kappa shape index (κ2) is 9.29. The first-order valence-electron chi connectivity index (χ1n) is 10.2. The standard InChI is InChI=1S/C23H19Cl2N5O4S/c1-12-4-5-15(24)11-18(12)30-21(31)19(25)20(22(30)32)28-16-6-8-17(9-7-16)35(33,34)29-23-26-13(2)10-14(3)27-23/h4-11,28H,1-3H3,(H,26,27,29). The van der Waals surface area contributed by atoms with E-state index in [9.17, 15) is 18.0 Å². The first-order valence-corrected chi connectivity index (χ1v) is 12.5. The zero-order valence-corrected chi connectivity index (χ0v) is 21.1. The van der Waals surface area contributed by atoms with Crippen molar-refractivity contribution in [2.24, 2.45) is 0 Å². The number of benzene rings is 2. The first kappa shape index (κ1) is 24.6. The maximum Gasteiger partial charge on any atom is 0.283 e. The van der Waals surface area contributed by atoms with Crippen LogP contribution in [0.4, 0.5) is 17.3 Å². The van der Waals surface area contributed by atoms with Gasteiger partial charge in [0.1, 0.15) is 10.7 Å². The van der Waals surface area contributed by atoms with E-state index in [2.05, 4.69) is 20.0 Å². The summed E-state index contributed by atoms with van der Waals surface area (Å²) in [6.45, 7) is 5.20. The molecule has 2 aromatic carbocycles. The minimum atomic E-state index is -3.96. The maximum atomic E-state index is 13.0. The number of hydrogen-bond acceptors (Lipinski definition) is 7. The molecule has 35 heavy (non-hydrogen) atoms. The summed E-state index contributed by atoms with van der Waals surface area (Å²) in [4.78, 5) is 34.8. The van der Waals surface area contributed by atoms with Gasteiger partial charge in [0.15, 0.2) is 0 Å². The van der Waals surface area contributed by atoms with Gasteiger partial charge >= 0.3 is 0 Å². The number of aryl methyl sites for hydroxylation is 3. The number of imide groups is 1. The van der Waals surface area contributed by atoms with Crippen LogP contribution in [-0.4, -0.2) is 30.2 Å². The second-order valence-electron chi connectivity index (χ2n) is 7.79. The van der Waals surface area contributed by atoms with E-state index in [-0.39, 0.29) is 21.6 Å².